The second kappa shape index (κ2) is 9.86. The molecule has 1 saturated heterocycles. The molecule has 0 saturated carbocycles. The summed E-state index contributed by atoms with van der Waals surface area (Å²) in [6, 6.07) is 10.4. The van der Waals surface area contributed by atoms with Gasteiger partial charge in [0, 0.05) is 25.2 Å². The summed E-state index contributed by atoms with van der Waals surface area (Å²) in [4.78, 5) is 25.0. The van der Waals surface area contributed by atoms with Crippen LogP contribution in [0.2, 0.25) is 0 Å². The van der Waals surface area contributed by atoms with Crippen LogP contribution in [0.4, 0.5) is 10.1 Å². The highest BCUT2D eigenvalue weighted by Gasteiger charge is 2.23. The number of nitrogens with zero attached hydrogens (tertiary/aromatic N) is 3. The summed E-state index contributed by atoms with van der Waals surface area (Å²) in [6.45, 7) is 2.70. The van der Waals surface area contributed by atoms with Crippen LogP contribution in [-0.2, 0) is 6.54 Å². The van der Waals surface area contributed by atoms with Crippen molar-refractivity contribution in [1.29, 1.82) is 0 Å². The van der Waals surface area contributed by atoms with Gasteiger partial charge in [-0.15, -0.1) is 12.4 Å². The van der Waals surface area contributed by atoms with Crippen LogP contribution in [0.25, 0.3) is 10.2 Å². The lowest BCUT2D eigenvalue weighted by atomic mass is 9.96. The van der Waals surface area contributed by atoms with Gasteiger partial charge in [0.1, 0.15) is 5.82 Å². The molecule has 1 atom stereocenters. The molecule has 10 heteroatoms. The molecule has 4 rings (SSSR count). The number of likely N-dealkylation sites (tertiary alicyclic amines) is 1. The number of fused-ring (bicyclic) bond motifs is 1. The summed E-state index contributed by atoms with van der Waals surface area (Å²) in [5.41, 5.74) is 1.43. The number of thiazole rings is 1. The van der Waals surface area contributed by atoms with Crippen molar-refractivity contribution in [3.05, 3.63) is 73.6 Å². The molecule has 1 fully saturated rings. The number of nitro benzene ring substituents is 1. The Kier molecular flexibility index (Phi) is 7.42. The molecule has 31 heavy (non-hydrogen) atoms. The first-order valence-electron chi connectivity index (χ1n) is 9.84. The normalized spacial score (nSPS) is 16.2. The van der Waals surface area contributed by atoms with Gasteiger partial charge in [-0.3, -0.25) is 19.5 Å². The van der Waals surface area contributed by atoms with Crippen LogP contribution in [0.5, 0.6) is 0 Å². The van der Waals surface area contributed by atoms with Gasteiger partial charge in [0.25, 0.3) is 5.69 Å². The van der Waals surface area contributed by atoms with E-state index in [1.807, 2.05) is 0 Å². The molecule has 1 aliphatic heterocycles. The van der Waals surface area contributed by atoms with E-state index in [1.54, 1.807) is 22.8 Å². The number of benzene rings is 2. The molecule has 1 unspecified atom stereocenters. The predicted octanol–water partition coefficient (Wildman–Crippen LogP) is 3.98. The van der Waals surface area contributed by atoms with Gasteiger partial charge in [0.05, 0.1) is 21.2 Å². The minimum Gasteiger partial charge on any atom is -0.387 e. The SMILES string of the molecule is Cl.O=c1sc2cc([N+](=O)[O-])ccc2n1CC1CCN(CC(O)c2ccc(F)cc2)CC1. The van der Waals surface area contributed by atoms with Crippen molar-refractivity contribution in [3.63, 3.8) is 0 Å². The molecule has 0 aliphatic carbocycles. The monoisotopic (exact) mass is 467 g/mol. The van der Waals surface area contributed by atoms with Crippen LogP contribution in [0, 0.1) is 21.8 Å². The van der Waals surface area contributed by atoms with Gasteiger partial charge in [-0.25, -0.2) is 4.39 Å². The molecule has 7 nitrogen and oxygen atoms in total. The first-order chi connectivity index (χ1) is 14.4. The van der Waals surface area contributed by atoms with Crippen molar-refractivity contribution >= 4 is 39.6 Å². The summed E-state index contributed by atoms with van der Waals surface area (Å²) < 4.78 is 15.4. The van der Waals surface area contributed by atoms with E-state index < -0.39 is 11.0 Å². The molecule has 166 valence electrons. The second-order valence-electron chi connectivity index (χ2n) is 7.70. The zero-order valence-corrected chi connectivity index (χ0v) is 18.3. The quantitative estimate of drug-likeness (QED) is 0.437. The van der Waals surface area contributed by atoms with Crippen molar-refractivity contribution < 1.29 is 14.4 Å². The number of β-amino-alcohol motifs (C(OH)–C–C–N with tert-alkyl or cyclic N) is 1. The number of non-ortho nitro benzene ring substituents is 1. The van der Waals surface area contributed by atoms with Gasteiger partial charge in [-0.1, -0.05) is 23.5 Å². The van der Waals surface area contributed by atoms with Gasteiger partial charge < -0.3 is 10.0 Å². The Bertz CT molecular complexity index is 1110. The highest BCUT2D eigenvalue weighted by Crippen LogP contribution is 2.26. The average Bonchev–Trinajstić information content (AvgIpc) is 3.04. The van der Waals surface area contributed by atoms with Gasteiger partial charge in [0.15, 0.2) is 0 Å². The van der Waals surface area contributed by atoms with E-state index in [0.717, 1.165) is 42.8 Å². The molecule has 0 radical (unpaired) electrons. The number of aliphatic hydroxyl groups is 1. The van der Waals surface area contributed by atoms with Gasteiger partial charge in [-0.05, 0) is 55.6 Å². The Morgan fingerprint density at radius 1 is 1.19 bits per heavy atom. The van der Waals surface area contributed by atoms with E-state index >= 15 is 0 Å². The number of nitro groups is 1. The first-order valence-corrected chi connectivity index (χ1v) is 10.7. The zero-order chi connectivity index (χ0) is 21.3. The van der Waals surface area contributed by atoms with Crippen molar-refractivity contribution in [2.24, 2.45) is 5.92 Å². The van der Waals surface area contributed by atoms with Gasteiger partial charge in [0.2, 0.25) is 0 Å². The van der Waals surface area contributed by atoms with Crippen LogP contribution < -0.4 is 4.87 Å². The van der Waals surface area contributed by atoms with E-state index in [9.17, 15) is 24.4 Å². The molecule has 2 heterocycles. The average molecular weight is 468 g/mol. The molecule has 0 amide bonds. The minimum absolute atomic E-state index is 0. The smallest absolute Gasteiger partial charge is 0.308 e. The third-order valence-electron chi connectivity index (χ3n) is 5.70. The number of aromatic nitrogens is 1. The fourth-order valence-corrected chi connectivity index (χ4v) is 4.92. The maximum Gasteiger partial charge on any atom is 0.308 e. The molecule has 1 aliphatic rings. The molecule has 1 N–H and O–H groups in total. The standard InChI is InChI=1S/C21H22FN3O4S.ClH/c22-16-3-1-15(2-4-16)19(26)13-23-9-7-14(8-10-23)12-24-18-6-5-17(25(28)29)11-20(18)30-21(24)27;/h1-6,11,14,19,26H,7-10,12-13H2;1H. The Morgan fingerprint density at radius 3 is 2.52 bits per heavy atom. The van der Waals surface area contributed by atoms with E-state index in [-0.39, 0.29) is 28.8 Å². The van der Waals surface area contributed by atoms with E-state index in [0.29, 0.717) is 29.3 Å². The van der Waals surface area contributed by atoms with Crippen molar-refractivity contribution in [2.45, 2.75) is 25.5 Å². The maximum atomic E-state index is 13.0. The van der Waals surface area contributed by atoms with Crippen LogP contribution >= 0.6 is 23.7 Å². The Balaban J connectivity index is 0.00000272. The third-order valence-corrected chi connectivity index (χ3v) is 6.64. The molecule has 2 aromatic carbocycles. The number of rotatable bonds is 6. The number of halogens is 2. The van der Waals surface area contributed by atoms with Crippen molar-refractivity contribution in [3.8, 4) is 0 Å². The maximum absolute atomic E-state index is 13.0. The van der Waals surface area contributed by atoms with E-state index in [2.05, 4.69) is 4.90 Å². The zero-order valence-electron chi connectivity index (χ0n) is 16.6. The summed E-state index contributed by atoms with van der Waals surface area (Å²) in [7, 11) is 0. The van der Waals surface area contributed by atoms with Crippen LogP contribution in [0.3, 0.4) is 0 Å². The lowest BCUT2D eigenvalue weighted by Crippen LogP contribution is -2.38. The first kappa shape index (κ1) is 23.3. The summed E-state index contributed by atoms with van der Waals surface area (Å²) in [6.07, 6.45) is 1.13. The highest BCUT2D eigenvalue weighted by molar-refractivity contribution is 7.16. The Hall–Kier alpha value is -2.33. The van der Waals surface area contributed by atoms with E-state index in [1.165, 1.54) is 24.3 Å². The van der Waals surface area contributed by atoms with Crippen LogP contribution in [0.15, 0.2) is 47.3 Å². The van der Waals surface area contributed by atoms with Crippen LogP contribution in [0.1, 0.15) is 24.5 Å². The minimum atomic E-state index is -0.665. The summed E-state index contributed by atoms with van der Waals surface area (Å²) in [5, 5.41) is 21.3. The highest BCUT2D eigenvalue weighted by atomic mass is 35.5. The number of hydrogen-bond donors (Lipinski definition) is 1. The number of aliphatic hydroxyl groups excluding tert-OH is 1. The largest absolute Gasteiger partial charge is 0.387 e. The van der Waals surface area contributed by atoms with Gasteiger partial charge >= 0.3 is 4.87 Å². The molecular formula is C21H23ClFN3O4S. The fraction of sp³-hybridized carbons (Fsp3) is 0.381. The topological polar surface area (TPSA) is 88.6 Å². The molecule has 3 aromatic rings. The number of hydrogen-bond acceptors (Lipinski definition) is 6. The molecule has 0 bridgehead atoms. The summed E-state index contributed by atoms with van der Waals surface area (Å²) >= 11 is 1.04. The lowest BCUT2D eigenvalue weighted by molar-refractivity contribution is -0.384. The Morgan fingerprint density at radius 2 is 1.87 bits per heavy atom. The Labute approximate surface area is 188 Å². The summed E-state index contributed by atoms with van der Waals surface area (Å²) in [5.74, 6) is 0.00692. The number of piperidine rings is 1. The molecule has 0 spiro atoms. The van der Waals surface area contributed by atoms with Gasteiger partial charge in [-0.2, -0.15) is 0 Å². The molecule has 1 aromatic heterocycles. The predicted molar refractivity (Wildman–Crippen MR) is 121 cm³/mol. The van der Waals surface area contributed by atoms with Crippen molar-refractivity contribution in [2.75, 3.05) is 19.6 Å². The second-order valence-corrected chi connectivity index (χ2v) is 8.69. The lowest BCUT2D eigenvalue weighted by Gasteiger charge is -2.33. The van der Waals surface area contributed by atoms with Crippen LogP contribution in [-0.4, -0.2) is 39.1 Å². The fourth-order valence-electron chi connectivity index (χ4n) is 3.99. The third kappa shape index (κ3) is 5.30. The van der Waals surface area contributed by atoms with Crippen molar-refractivity contribution in [1.82, 2.24) is 9.47 Å². The molecular weight excluding hydrogens is 445 g/mol. The van der Waals surface area contributed by atoms with E-state index in [4.69, 9.17) is 0 Å².